The molecule has 612 valence electrons. The second kappa shape index (κ2) is 44.8. The summed E-state index contributed by atoms with van der Waals surface area (Å²) >= 11 is 8.54. The maximum absolute atomic E-state index is 14.7. The second-order valence-corrected chi connectivity index (χ2v) is 28.6. The molecule has 14 amide bonds. The van der Waals surface area contributed by atoms with Crippen molar-refractivity contribution in [2.45, 2.75) is 190 Å². The minimum Gasteiger partial charge on any atom is -0.508 e. The molecule has 5 aromatic rings. The largest absolute Gasteiger partial charge is 0.508 e. The summed E-state index contributed by atoms with van der Waals surface area (Å²) in [6.45, 7) is 8.01. The molecule has 0 aliphatic carbocycles. The van der Waals surface area contributed by atoms with Crippen molar-refractivity contribution >= 4 is 136 Å². The lowest BCUT2D eigenvalue weighted by Crippen LogP contribution is -2.62. The van der Waals surface area contributed by atoms with Gasteiger partial charge < -0.3 is 117 Å². The van der Waals surface area contributed by atoms with E-state index in [-0.39, 0.29) is 69.6 Å². The van der Waals surface area contributed by atoms with Gasteiger partial charge >= 0.3 is 5.97 Å². The molecule has 14 atom stereocenters. The number of H-pyrrole nitrogens is 2. The van der Waals surface area contributed by atoms with Crippen LogP contribution in [0.15, 0.2) is 85.2 Å². The van der Waals surface area contributed by atoms with Crippen LogP contribution in [0.4, 0.5) is 0 Å². The zero-order valence-corrected chi connectivity index (χ0v) is 64.6. The van der Waals surface area contributed by atoms with Gasteiger partial charge in [-0.25, -0.2) is 4.79 Å². The van der Waals surface area contributed by atoms with E-state index in [1.54, 1.807) is 74.8 Å². The molecule has 0 aliphatic rings. The lowest BCUT2D eigenvalue weighted by molar-refractivity contribution is -0.144. The van der Waals surface area contributed by atoms with Gasteiger partial charge in [0.2, 0.25) is 82.7 Å². The number of aliphatic carboxylic acids is 1. The number of rotatable bonds is 47. The number of aliphatic hydroxyl groups excluding tert-OH is 2. The highest BCUT2D eigenvalue weighted by Crippen LogP contribution is 2.22. The van der Waals surface area contributed by atoms with Crippen molar-refractivity contribution in [3.63, 3.8) is 0 Å². The molecule has 0 fully saturated rings. The zero-order valence-electron chi connectivity index (χ0n) is 62.8. The summed E-state index contributed by atoms with van der Waals surface area (Å²) in [5.74, 6) is -17.2. The van der Waals surface area contributed by atoms with Gasteiger partial charge in [0.15, 0.2) is 0 Å². The van der Waals surface area contributed by atoms with Gasteiger partial charge in [-0.3, -0.25) is 67.1 Å². The van der Waals surface area contributed by atoms with Gasteiger partial charge in [0, 0.05) is 71.4 Å². The Labute approximate surface area is 656 Å². The van der Waals surface area contributed by atoms with E-state index < -0.39 is 204 Å². The number of hydrogen-bond donors (Lipinski definition) is 24. The monoisotopic (exact) mass is 1600 g/mol. The van der Waals surface area contributed by atoms with Gasteiger partial charge in [-0.1, -0.05) is 76.2 Å². The third-order valence-corrected chi connectivity index (χ3v) is 18.6. The van der Waals surface area contributed by atoms with Crippen molar-refractivity contribution in [3.05, 3.63) is 102 Å². The highest BCUT2D eigenvalue weighted by Gasteiger charge is 2.39. The molecule has 2 heterocycles. The average molecular weight is 1600 g/mol. The Hall–Kier alpha value is -10.9. The number of aromatic nitrogens is 2. The number of carboxylic acids is 1. The fraction of sp³-hybridized carbons (Fsp3) is 0.493. The number of nitrogens with two attached hydrogens (primary N) is 4. The van der Waals surface area contributed by atoms with E-state index in [4.69, 9.17) is 22.9 Å². The molecule has 0 bridgehead atoms. The number of hydrogen-bond acceptors (Lipinski definition) is 22. The third-order valence-electron chi connectivity index (χ3n) is 17.9. The Balaban J connectivity index is 1.34. The van der Waals surface area contributed by atoms with E-state index in [1.807, 2.05) is 0 Å². The number of amides is 14. The lowest BCUT2D eigenvalue weighted by atomic mass is 10.0. The number of para-hydroxylation sites is 2. The van der Waals surface area contributed by atoms with E-state index in [0.29, 0.717) is 44.9 Å². The van der Waals surface area contributed by atoms with E-state index in [2.05, 4.69) is 99.0 Å². The Kier molecular flexibility index (Phi) is 36.7. The summed E-state index contributed by atoms with van der Waals surface area (Å²) in [6.07, 6.45) is -1.67. The molecular formula is C73H104N18O19S2. The molecule has 112 heavy (non-hydrogen) atoms. The molecule has 3 aromatic carbocycles. The van der Waals surface area contributed by atoms with Crippen LogP contribution in [0.3, 0.4) is 0 Å². The molecule has 39 heteroatoms. The predicted molar refractivity (Wildman–Crippen MR) is 416 cm³/mol. The van der Waals surface area contributed by atoms with Crippen molar-refractivity contribution in [3.8, 4) is 5.75 Å². The van der Waals surface area contributed by atoms with Crippen LogP contribution in [0.25, 0.3) is 21.8 Å². The normalized spacial score (nSPS) is 15.1. The van der Waals surface area contributed by atoms with Crippen molar-refractivity contribution in [2.24, 2.45) is 34.8 Å². The molecule has 2 aromatic heterocycles. The number of primary amides is 2. The van der Waals surface area contributed by atoms with Gasteiger partial charge in [0.1, 0.15) is 72.2 Å². The predicted octanol–water partition coefficient (Wildman–Crippen LogP) is -4.16. The smallest absolute Gasteiger partial charge is 0.326 e. The number of aliphatic hydroxyl groups is 2. The Bertz CT molecular complexity index is 4120. The van der Waals surface area contributed by atoms with E-state index in [9.17, 15) is 92.3 Å². The van der Waals surface area contributed by atoms with E-state index >= 15 is 0 Å². The Morgan fingerprint density at radius 2 is 0.875 bits per heavy atom. The van der Waals surface area contributed by atoms with Crippen molar-refractivity contribution in [1.82, 2.24) is 73.8 Å². The SMILES string of the molecule is CC(C)C[C@H](NC(=O)CNC(=O)[C@H](Cc1c[nH]c2ccccc12)NC(=O)[C@H](CCCCN)NC(=O)[C@@H](NC(=O)[C@H](CS)NC(=O)[C@H](Cc1c[nH]c2ccccc12)NC(=O)[C@H](Cc1ccc(O)cc1)NC(=O)[C@@H](N)CCC(N)=O)[C@@H](C)O)C(=O)N[C@@H](CS)C(=O)N[C@H](C(=O)N[C@@H](CC(N)=O)C(=O)N[C@H](C(=O)O)C(C)C)[C@@H](C)O. The van der Waals surface area contributed by atoms with Crippen LogP contribution in [0.2, 0.25) is 0 Å². The molecule has 0 spiro atoms. The summed E-state index contributed by atoms with van der Waals surface area (Å²) in [4.78, 5) is 211. The minimum atomic E-state index is -1.86. The number of carboxylic acid groups (broad SMARTS) is 1. The maximum Gasteiger partial charge on any atom is 0.326 e. The number of phenolic OH excluding ortho intramolecular Hbond substituents is 1. The van der Waals surface area contributed by atoms with Gasteiger partial charge in [-0.2, -0.15) is 25.3 Å². The molecule has 26 N–H and O–H groups in total. The molecule has 0 unspecified atom stereocenters. The van der Waals surface area contributed by atoms with Gasteiger partial charge in [-0.05, 0) is 105 Å². The van der Waals surface area contributed by atoms with Gasteiger partial charge in [-0.15, -0.1) is 0 Å². The summed E-state index contributed by atoms with van der Waals surface area (Å²) < 4.78 is 0. The summed E-state index contributed by atoms with van der Waals surface area (Å²) in [7, 11) is 0. The molecule has 0 aliphatic heterocycles. The number of benzene rings is 3. The maximum atomic E-state index is 14.7. The van der Waals surface area contributed by atoms with Crippen LogP contribution in [0.5, 0.6) is 5.75 Å². The summed E-state index contributed by atoms with van der Waals surface area (Å²) in [6, 6.07) is 1.00. The molecule has 0 saturated heterocycles. The first-order chi connectivity index (χ1) is 52.9. The highest BCUT2D eigenvalue weighted by molar-refractivity contribution is 7.80. The zero-order chi connectivity index (χ0) is 83.2. The highest BCUT2D eigenvalue weighted by atomic mass is 32.1. The van der Waals surface area contributed by atoms with Crippen LogP contribution < -0.4 is 86.7 Å². The van der Waals surface area contributed by atoms with Crippen LogP contribution in [0.1, 0.15) is 103 Å². The van der Waals surface area contributed by atoms with Crippen LogP contribution in [-0.2, 0) is 91.2 Å². The Morgan fingerprint density at radius 1 is 0.455 bits per heavy atom. The molecule has 37 nitrogen and oxygen atoms in total. The Morgan fingerprint density at radius 3 is 1.33 bits per heavy atom. The standard InChI is InChI=1S/C73H104N18O19S2/c1-35(2)25-49(65(101)87-54(33-111)69(105)91-61(38(6)93)72(108)86-53(29-57(77)96)68(104)89-59(36(3)4)73(109)110)81-58(97)32-80-63(99)51(27-40-30-78-46-15-9-7-13-43(40)46)84-64(100)48(17-11-12-24-74)82-71(107)60(37(5)92)90-70(106)55(34-112)88-67(103)52(28-41-31-79-47-16-10-8-14-44(41)47)85-66(102)50(26-39-18-20-42(94)21-19-39)83-62(98)45(75)22-23-56(76)95/h7-10,13-16,18-21,30-31,35-38,45,48-55,59-61,78-79,92-94,111-112H,11-12,17,22-29,32-34,74-75H2,1-6H3,(H2,76,95)(H2,77,96)(H,80,99)(H,81,97)(H,82,107)(H,83,98)(H,84,100)(H,85,102)(H,86,108)(H,87,101)(H,88,103)(H,89,104)(H,90,106)(H,91,105)(H,109,110)/t37-,38-,45+,48+,49+,50+,51+,52+,53+,54+,55+,59+,60+,61+/m1/s1. The van der Waals surface area contributed by atoms with Gasteiger partial charge in [0.05, 0.1) is 31.2 Å². The van der Waals surface area contributed by atoms with Crippen LogP contribution in [-0.4, -0.2) is 228 Å². The fourth-order valence-electron chi connectivity index (χ4n) is 11.7. The average Bonchev–Trinajstić information content (AvgIpc) is 1.66. The molecular weight excluding hydrogens is 1500 g/mol. The minimum absolute atomic E-state index is 0.0537. The summed E-state index contributed by atoms with van der Waals surface area (Å²) in [5, 5.41) is 72.4. The second-order valence-electron chi connectivity index (χ2n) is 27.8. The lowest BCUT2D eigenvalue weighted by Gasteiger charge is -2.28. The van der Waals surface area contributed by atoms with E-state index in [0.717, 1.165) is 13.8 Å². The van der Waals surface area contributed by atoms with Crippen molar-refractivity contribution < 1.29 is 92.3 Å². The van der Waals surface area contributed by atoms with E-state index in [1.165, 1.54) is 38.1 Å². The third kappa shape index (κ3) is 28.8. The number of carbonyl (C=O) groups excluding carboxylic acids is 14. The number of phenols is 1. The van der Waals surface area contributed by atoms with Crippen LogP contribution in [0, 0.1) is 11.8 Å². The van der Waals surface area contributed by atoms with Crippen molar-refractivity contribution in [2.75, 3.05) is 24.6 Å². The molecule has 5 rings (SSSR count). The fourth-order valence-corrected chi connectivity index (χ4v) is 12.3. The number of unbranched alkanes of at least 4 members (excludes halogenated alkanes) is 1. The number of aromatic amines is 2. The first kappa shape index (κ1) is 91.7. The quantitative estimate of drug-likeness (QED) is 0.0130. The molecule has 0 radical (unpaired) electrons. The van der Waals surface area contributed by atoms with Crippen LogP contribution >= 0.6 is 25.3 Å². The first-order valence-electron chi connectivity index (χ1n) is 36.3. The topological polar surface area (TPSA) is 617 Å². The number of nitrogens with one attached hydrogen (secondary N) is 14. The molecule has 0 saturated carbocycles. The number of aromatic hydroxyl groups is 1. The first-order valence-corrected chi connectivity index (χ1v) is 37.5. The number of fused-ring (bicyclic) bond motifs is 2. The number of thiol groups is 2. The van der Waals surface area contributed by atoms with Crippen molar-refractivity contribution in [1.29, 1.82) is 0 Å². The van der Waals surface area contributed by atoms with Gasteiger partial charge in [0.25, 0.3) is 0 Å². The number of carbonyl (C=O) groups is 15. The summed E-state index contributed by atoms with van der Waals surface area (Å²) in [5.41, 5.74) is 25.4.